The Balaban J connectivity index is 1.47. The molecule has 2 heterocycles. The Hall–Kier alpha value is -3.55. The van der Waals surface area contributed by atoms with E-state index in [0.29, 0.717) is 11.4 Å². The van der Waals surface area contributed by atoms with Crippen molar-refractivity contribution in [3.8, 4) is 0 Å². The average Bonchev–Trinajstić information content (AvgIpc) is 3.24. The number of aryl methyl sites for hydroxylation is 3. The summed E-state index contributed by atoms with van der Waals surface area (Å²) in [5.74, 6) is -1.17. The van der Waals surface area contributed by atoms with Crippen molar-refractivity contribution in [2.75, 3.05) is 16.8 Å². The van der Waals surface area contributed by atoms with Crippen LogP contribution in [0.3, 0.4) is 0 Å². The first-order valence-corrected chi connectivity index (χ1v) is 9.90. The van der Waals surface area contributed by atoms with Crippen LogP contribution in [0.4, 0.5) is 11.4 Å². The summed E-state index contributed by atoms with van der Waals surface area (Å²) in [7, 11) is 0. The van der Waals surface area contributed by atoms with Gasteiger partial charge < -0.3 is 5.32 Å². The molecule has 8 heteroatoms. The number of benzene rings is 2. The molecule has 4 rings (SSSR count). The Morgan fingerprint density at radius 2 is 1.77 bits per heavy atom. The summed E-state index contributed by atoms with van der Waals surface area (Å²) in [6, 6.07) is 11.2. The minimum atomic E-state index is -0.921. The van der Waals surface area contributed by atoms with Gasteiger partial charge in [-0.05, 0) is 61.2 Å². The van der Waals surface area contributed by atoms with Gasteiger partial charge in [-0.15, -0.1) is 0 Å². The Bertz CT molecular complexity index is 1050. The Morgan fingerprint density at radius 1 is 1.03 bits per heavy atom. The summed E-state index contributed by atoms with van der Waals surface area (Å²) >= 11 is 0. The van der Waals surface area contributed by atoms with Gasteiger partial charge in [-0.3, -0.25) is 19.4 Å². The fraction of sp³-hybridized carbons (Fsp3) is 0.318. The summed E-state index contributed by atoms with van der Waals surface area (Å²) in [6.07, 6.45) is 0.915. The summed E-state index contributed by atoms with van der Waals surface area (Å²) in [5.41, 5.74) is 4.40. The van der Waals surface area contributed by atoms with E-state index in [-0.39, 0.29) is 12.5 Å². The largest absolute Gasteiger partial charge is 0.324 e. The lowest BCUT2D eigenvalue weighted by molar-refractivity contribution is -0.123. The third-order valence-corrected chi connectivity index (χ3v) is 5.56. The first-order chi connectivity index (χ1) is 14.4. The highest BCUT2D eigenvalue weighted by atomic mass is 16.2. The molecule has 0 unspecified atom stereocenters. The number of rotatable bonds is 5. The van der Waals surface area contributed by atoms with Crippen LogP contribution in [-0.4, -0.2) is 41.4 Å². The van der Waals surface area contributed by atoms with E-state index in [2.05, 4.69) is 22.6 Å². The molecule has 0 bridgehead atoms. The molecule has 0 aliphatic carbocycles. The van der Waals surface area contributed by atoms with Crippen LogP contribution in [0.15, 0.2) is 52.8 Å². The van der Waals surface area contributed by atoms with Gasteiger partial charge >= 0.3 is 0 Å². The van der Waals surface area contributed by atoms with Gasteiger partial charge in [0.1, 0.15) is 6.54 Å². The average molecular weight is 405 g/mol. The van der Waals surface area contributed by atoms with Gasteiger partial charge in [0.25, 0.3) is 11.8 Å². The van der Waals surface area contributed by atoms with Crippen molar-refractivity contribution in [2.24, 2.45) is 10.3 Å². The number of imide groups is 1. The molecular formula is C22H23N5O3. The number of nitrogens with zero attached hydrogens (tertiary/aromatic N) is 4. The molecule has 0 saturated carbocycles. The maximum absolute atomic E-state index is 13.0. The smallest absolute Gasteiger partial charge is 0.263 e. The number of fused-ring (bicyclic) bond motifs is 1. The molecule has 1 fully saturated rings. The lowest BCUT2D eigenvalue weighted by Gasteiger charge is -2.20. The standard InChI is InChI=1S/C22H23N5O3/c1-4-15-6-8-16(9-7-15)23-18(28)12-26-20-19(24-25-26)21(29)27(22(20)30)17-10-5-13(2)14(3)11-17/h5-11,19-20H,4,12H2,1-3H3,(H,23,28)/t19-,20-/m1/s1. The van der Waals surface area contributed by atoms with E-state index in [1.165, 1.54) is 10.6 Å². The Labute approximate surface area is 174 Å². The van der Waals surface area contributed by atoms with Gasteiger partial charge in [0.15, 0.2) is 12.1 Å². The number of anilines is 2. The van der Waals surface area contributed by atoms with E-state index in [9.17, 15) is 14.4 Å². The van der Waals surface area contributed by atoms with E-state index >= 15 is 0 Å². The molecule has 0 aromatic heterocycles. The van der Waals surface area contributed by atoms with Crippen molar-refractivity contribution in [2.45, 2.75) is 39.3 Å². The van der Waals surface area contributed by atoms with Crippen molar-refractivity contribution in [1.29, 1.82) is 0 Å². The van der Waals surface area contributed by atoms with Crippen LogP contribution in [0.5, 0.6) is 0 Å². The summed E-state index contributed by atoms with van der Waals surface area (Å²) in [5, 5.41) is 12.0. The number of amides is 3. The molecule has 8 nitrogen and oxygen atoms in total. The predicted molar refractivity (Wildman–Crippen MR) is 112 cm³/mol. The van der Waals surface area contributed by atoms with Crippen LogP contribution >= 0.6 is 0 Å². The van der Waals surface area contributed by atoms with E-state index in [4.69, 9.17) is 0 Å². The fourth-order valence-corrected chi connectivity index (χ4v) is 3.64. The number of hydrogen-bond donors (Lipinski definition) is 1. The highest BCUT2D eigenvalue weighted by molar-refractivity contribution is 6.25. The van der Waals surface area contributed by atoms with E-state index < -0.39 is 23.9 Å². The van der Waals surface area contributed by atoms with Crippen molar-refractivity contribution >= 4 is 29.1 Å². The molecule has 0 spiro atoms. The maximum Gasteiger partial charge on any atom is 0.263 e. The summed E-state index contributed by atoms with van der Waals surface area (Å²) < 4.78 is 0. The van der Waals surface area contributed by atoms with E-state index in [1.807, 2.05) is 44.2 Å². The predicted octanol–water partition coefficient (Wildman–Crippen LogP) is 2.80. The third kappa shape index (κ3) is 3.45. The molecule has 2 aromatic rings. The molecule has 0 radical (unpaired) electrons. The Kier molecular flexibility index (Phi) is 5.07. The number of carbonyl (C=O) groups is 3. The quantitative estimate of drug-likeness (QED) is 0.774. The van der Waals surface area contributed by atoms with Gasteiger partial charge in [-0.25, -0.2) is 4.90 Å². The maximum atomic E-state index is 13.0. The summed E-state index contributed by atoms with van der Waals surface area (Å²) in [4.78, 5) is 39.4. The Morgan fingerprint density at radius 3 is 2.43 bits per heavy atom. The van der Waals surface area contributed by atoms with Gasteiger partial charge in [0, 0.05) is 5.69 Å². The molecule has 30 heavy (non-hydrogen) atoms. The van der Waals surface area contributed by atoms with E-state index in [1.54, 1.807) is 12.1 Å². The molecular weight excluding hydrogens is 382 g/mol. The van der Waals surface area contributed by atoms with Crippen LogP contribution in [0.2, 0.25) is 0 Å². The monoisotopic (exact) mass is 405 g/mol. The molecule has 2 aromatic carbocycles. The second-order valence-corrected chi connectivity index (χ2v) is 7.57. The second kappa shape index (κ2) is 7.70. The fourth-order valence-electron chi connectivity index (χ4n) is 3.64. The first kappa shape index (κ1) is 19.8. The van der Waals surface area contributed by atoms with Crippen LogP contribution < -0.4 is 10.2 Å². The topological polar surface area (TPSA) is 94.4 Å². The molecule has 1 N–H and O–H groups in total. The van der Waals surface area contributed by atoms with Crippen LogP contribution in [-0.2, 0) is 20.8 Å². The number of hydrogen-bond acceptors (Lipinski definition) is 6. The van der Waals surface area contributed by atoms with Crippen LogP contribution in [0.1, 0.15) is 23.6 Å². The van der Waals surface area contributed by atoms with Gasteiger partial charge in [-0.1, -0.05) is 30.3 Å². The van der Waals surface area contributed by atoms with Crippen molar-refractivity contribution in [3.63, 3.8) is 0 Å². The SMILES string of the molecule is CCc1ccc(NC(=O)CN2N=N[C@H]3C(=O)N(c4ccc(C)c(C)c4)C(=O)[C@@H]32)cc1. The first-order valence-electron chi connectivity index (χ1n) is 9.90. The molecule has 3 amide bonds. The normalized spacial score (nSPS) is 20.1. The zero-order valence-electron chi connectivity index (χ0n) is 17.1. The molecule has 154 valence electrons. The molecule has 1 saturated heterocycles. The third-order valence-electron chi connectivity index (χ3n) is 5.56. The minimum absolute atomic E-state index is 0.167. The van der Waals surface area contributed by atoms with Crippen molar-refractivity contribution in [3.05, 3.63) is 59.2 Å². The highest BCUT2D eigenvalue weighted by Crippen LogP contribution is 2.32. The summed E-state index contributed by atoms with van der Waals surface area (Å²) in [6.45, 7) is 5.78. The molecule has 2 aliphatic rings. The van der Waals surface area contributed by atoms with Crippen molar-refractivity contribution < 1.29 is 14.4 Å². The lowest BCUT2D eigenvalue weighted by atomic mass is 10.1. The molecule has 2 aliphatic heterocycles. The van der Waals surface area contributed by atoms with Crippen LogP contribution in [0.25, 0.3) is 0 Å². The minimum Gasteiger partial charge on any atom is -0.324 e. The van der Waals surface area contributed by atoms with Gasteiger partial charge in [-0.2, -0.15) is 5.11 Å². The lowest BCUT2D eigenvalue weighted by Crippen LogP contribution is -2.43. The zero-order valence-corrected chi connectivity index (χ0v) is 17.1. The second-order valence-electron chi connectivity index (χ2n) is 7.57. The molecule has 2 atom stereocenters. The highest BCUT2D eigenvalue weighted by Gasteiger charge is 2.55. The number of nitrogens with one attached hydrogen (secondary N) is 1. The van der Waals surface area contributed by atoms with Crippen LogP contribution in [0, 0.1) is 13.8 Å². The zero-order chi connectivity index (χ0) is 21.4. The van der Waals surface area contributed by atoms with E-state index in [0.717, 1.165) is 22.4 Å². The van der Waals surface area contributed by atoms with Gasteiger partial charge in [0.05, 0.1) is 5.69 Å². The van der Waals surface area contributed by atoms with Crippen molar-refractivity contribution in [1.82, 2.24) is 5.01 Å². The number of carbonyl (C=O) groups excluding carboxylic acids is 3. The van der Waals surface area contributed by atoms with Gasteiger partial charge in [0.2, 0.25) is 5.91 Å².